The van der Waals surface area contributed by atoms with E-state index in [0.717, 1.165) is 31.1 Å². The molecule has 0 saturated carbocycles. The Morgan fingerprint density at radius 3 is 2.16 bits per heavy atom. The summed E-state index contributed by atoms with van der Waals surface area (Å²) in [5.74, 6) is 1.76. The fraction of sp³-hybridized carbons (Fsp3) is 0.600. The molecule has 0 aliphatic rings. The molecule has 1 aromatic rings. The Bertz CT molecular complexity index is 327. The van der Waals surface area contributed by atoms with E-state index < -0.39 is 0 Å². The summed E-state index contributed by atoms with van der Waals surface area (Å²) >= 11 is 0. The van der Waals surface area contributed by atoms with Gasteiger partial charge in [0.05, 0.1) is 13.2 Å². The predicted molar refractivity (Wildman–Crippen MR) is 77.1 cm³/mol. The van der Waals surface area contributed by atoms with Crippen molar-refractivity contribution in [3.05, 3.63) is 24.3 Å². The molecule has 19 heavy (non-hydrogen) atoms. The number of hydrogen-bond acceptors (Lipinski definition) is 4. The van der Waals surface area contributed by atoms with Crippen molar-refractivity contribution in [3.8, 4) is 11.5 Å². The molecule has 0 heterocycles. The van der Waals surface area contributed by atoms with E-state index in [4.69, 9.17) is 14.2 Å². The molecule has 1 unspecified atom stereocenters. The molecule has 0 saturated heterocycles. The molecule has 108 valence electrons. The lowest BCUT2D eigenvalue weighted by molar-refractivity contribution is 0.169. The van der Waals surface area contributed by atoms with Crippen molar-refractivity contribution in [1.82, 2.24) is 5.32 Å². The second kappa shape index (κ2) is 9.64. The summed E-state index contributed by atoms with van der Waals surface area (Å²) in [4.78, 5) is 0. The van der Waals surface area contributed by atoms with Crippen LogP contribution in [0, 0.1) is 0 Å². The van der Waals surface area contributed by atoms with Gasteiger partial charge in [-0.15, -0.1) is 0 Å². The van der Waals surface area contributed by atoms with Gasteiger partial charge < -0.3 is 19.5 Å². The number of nitrogens with one attached hydrogen (secondary N) is 1. The van der Waals surface area contributed by atoms with Crippen LogP contribution >= 0.6 is 0 Å². The van der Waals surface area contributed by atoms with Crippen molar-refractivity contribution in [1.29, 1.82) is 0 Å². The normalized spacial score (nSPS) is 12.2. The van der Waals surface area contributed by atoms with Crippen LogP contribution in [0.25, 0.3) is 0 Å². The van der Waals surface area contributed by atoms with Crippen molar-refractivity contribution in [2.24, 2.45) is 0 Å². The van der Waals surface area contributed by atoms with Gasteiger partial charge in [0.15, 0.2) is 0 Å². The maximum Gasteiger partial charge on any atom is 0.119 e. The van der Waals surface area contributed by atoms with Gasteiger partial charge in [0.2, 0.25) is 0 Å². The Balaban J connectivity index is 2.19. The molecule has 0 amide bonds. The molecule has 1 aromatic carbocycles. The van der Waals surface area contributed by atoms with E-state index >= 15 is 0 Å². The lowest BCUT2D eigenvalue weighted by Gasteiger charge is -2.13. The molecule has 4 heteroatoms. The van der Waals surface area contributed by atoms with Gasteiger partial charge in [-0.2, -0.15) is 0 Å². The third-order valence-electron chi connectivity index (χ3n) is 2.58. The van der Waals surface area contributed by atoms with E-state index in [0.29, 0.717) is 19.3 Å². The summed E-state index contributed by atoms with van der Waals surface area (Å²) in [6.07, 6.45) is 1.02. The van der Waals surface area contributed by atoms with Crippen LogP contribution in [0.2, 0.25) is 0 Å². The molecule has 0 radical (unpaired) electrons. The highest BCUT2D eigenvalue weighted by molar-refractivity contribution is 5.31. The summed E-state index contributed by atoms with van der Waals surface area (Å²) < 4.78 is 16.2. The highest BCUT2D eigenvalue weighted by Crippen LogP contribution is 2.17. The lowest BCUT2D eigenvalue weighted by Crippen LogP contribution is -2.33. The maximum atomic E-state index is 5.64. The van der Waals surface area contributed by atoms with Crippen molar-refractivity contribution >= 4 is 0 Å². The van der Waals surface area contributed by atoms with Crippen molar-refractivity contribution in [3.63, 3.8) is 0 Å². The highest BCUT2D eigenvalue weighted by Gasteiger charge is 2.00. The molecule has 0 aliphatic carbocycles. The van der Waals surface area contributed by atoms with E-state index in [9.17, 15) is 0 Å². The average Bonchev–Trinajstić information content (AvgIpc) is 2.43. The van der Waals surface area contributed by atoms with E-state index in [2.05, 4.69) is 19.2 Å². The predicted octanol–water partition coefficient (Wildman–Crippen LogP) is 2.48. The number of methoxy groups -OCH3 is 1. The van der Waals surface area contributed by atoms with Gasteiger partial charge in [0.25, 0.3) is 0 Å². The zero-order valence-corrected chi connectivity index (χ0v) is 12.1. The van der Waals surface area contributed by atoms with Gasteiger partial charge in [-0.3, -0.25) is 0 Å². The number of rotatable bonds is 10. The minimum Gasteiger partial charge on any atom is -0.494 e. The van der Waals surface area contributed by atoms with E-state index in [1.165, 1.54) is 0 Å². The van der Waals surface area contributed by atoms with E-state index in [1.807, 2.05) is 24.3 Å². The molecule has 1 rings (SSSR count). The molecule has 1 N–H and O–H groups in total. The summed E-state index contributed by atoms with van der Waals surface area (Å²) in [6.45, 7) is 7.09. The summed E-state index contributed by atoms with van der Waals surface area (Å²) in [6, 6.07) is 8.09. The first-order valence-electron chi connectivity index (χ1n) is 6.84. The van der Waals surface area contributed by atoms with Crippen LogP contribution in [0.1, 0.15) is 20.3 Å². The third-order valence-corrected chi connectivity index (χ3v) is 2.58. The monoisotopic (exact) mass is 267 g/mol. The van der Waals surface area contributed by atoms with Crippen LogP contribution in [0.4, 0.5) is 0 Å². The Labute approximate surface area is 116 Å². The first-order valence-corrected chi connectivity index (χ1v) is 6.84. The molecule has 4 nitrogen and oxygen atoms in total. The second-order valence-corrected chi connectivity index (χ2v) is 4.48. The van der Waals surface area contributed by atoms with E-state index in [-0.39, 0.29) is 0 Å². The number of ether oxygens (including phenoxy) is 3. The minimum atomic E-state index is 0.346. The molecular formula is C15H25NO3. The van der Waals surface area contributed by atoms with Crippen molar-refractivity contribution in [2.45, 2.75) is 26.3 Å². The van der Waals surface area contributed by atoms with Gasteiger partial charge in [-0.1, -0.05) is 6.92 Å². The molecular weight excluding hydrogens is 242 g/mol. The van der Waals surface area contributed by atoms with E-state index in [1.54, 1.807) is 7.11 Å². The fourth-order valence-corrected chi connectivity index (χ4v) is 1.64. The Morgan fingerprint density at radius 1 is 1.05 bits per heavy atom. The topological polar surface area (TPSA) is 39.7 Å². The highest BCUT2D eigenvalue weighted by atomic mass is 16.5. The SMILES string of the molecule is CCCOc1ccc(OCCNC(C)COC)cc1. The largest absolute Gasteiger partial charge is 0.494 e. The standard InChI is InChI=1S/C15H25NO3/c1-4-10-18-14-5-7-15(8-6-14)19-11-9-16-13(2)12-17-3/h5-8,13,16H,4,9-12H2,1-3H3. The maximum absolute atomic E-state index is 5.64. The quantitative estimate of drug-likeness (QED) is 0.661. The van der Waals surface area contributed by atoms with Crippen LogP contribution in [0.5, 0.6) is 11.5 Å². The Morgan fingerprint density at radius 2 is 1.63 bits per heavy atom. The smallest absolute Gasteiger partial charge is 0.119 e. The van der Waals surface area contributed by atoms with Crippen molar-refractivity contribution in [2.75, 3.05) is 33.5 Å². The first-order chi connectivity index (χ1) is 9.26. The van der Waals surface area contributed by atoms with Gasteiger partial charge in [0, 0.05) is 19.7 Å². The molecule has 0 spiro atoms. The van der Waals surface area contributed by atoms with Gasteiger partial charge in [0.1, 0.15) is 18.1 Å². The minimum absolute atomic E-state index is 0.346. The summed E-state index contributed by atoms with van der Waals surface area (Å²) in [7, 11) is 1.71. The zero-order valence-electron chi connectivity index (χ0n) is 12.1. The van der Waals surface area contributed by atoms with Crippen LogP contribution in [0.3, 0.4) is 0 Å². The Hall–Kier alpha value is -1.26. The second-order valence-electron chi connectivity index (χ2n) is 4.48. The fourth-order valence-electron chi connectivity index (χ4n) is 1.64. The molecule has 1 atom stereocenters. The van der Waals surface area contributed by atoms with Crippen LogP contribution in [-0.2, 0) is 4.74 Å². The van der Waals surface area contributed by atoms with Crippen molar-refractivity contribution < 1.29 is 14.2 Å². The molecule has 0 aliphatic heterocycles. The van der Waals surface area contributed by atoms with Crippen LogP contribution in [0.15, 0.2) is 24.3 Å². The third kappa shape index (κ3) is 7.03. The number of benzene rings is 1. The van der Waals surface area contributed by atoms with Gasteiger partial charge in [-0.05, 0) is 37.6 Å². The zero-order chi connectivity index (χ0) is 13.9. The summed E-state index contributed by atoms with van der Waals surface area (Å²) in [5.41, 5.74) is 0. The average molecular weight is 267 g/mol. The molecule has 0 fully saturated rings. The van der Waals surface area contributed by atoms with Gasteiger partial charge >= 0.3 is 0 Å². The van der Waals surface area contributed by atoms with Gasteiger partial charge in [-0.25, -0.2) is 0 Å². The first kappa shape index (κ1) is 15.8. The summed E-state index contributed by atoms with van der Waals surface area (Å²) in [5, 5.41) is 3.32. The Kier molecular flexibility index (Phi) is 8.02. The van der Waals surface area contributed by atoms with Crippen LogP contribution in [-0.4, -0.2) is 39.5 Å². The van der Waals surface area contributed by atoms with Crippen LogP contribution < -0.4 is 14.8 Å². The molecule has 0 bridgehead atoms. The number of hydrogen-bond donors (Lipinski definition) is 1. The molecule has 0 aromatic heterocycles. The lowest BCUT2D eigenvalue weighted by atomic mass is 10.3.